The predicted octanol–water partition coefficient (Wildman–Crippen LogP) is 12.4. The van der Waals surface area contributed by atoms with Gasteiger partial charge in [0.2, 0.25) is 5.91 Å². The van der Waals surface area contributed by atoms with Crippen molar-refractivity contribution in [1.82, 2.24) is 25.7 Å². The van der Waals surface area contributed by atoms with E-state index in [1.54, 1.807) is 46.9 Å². The van der Waals surface area contributed by atoms with Gasteiger partial charge in [0.15, 0.2) is 17.3 Å². The molecule has 1 aromatic heterocycles. The number of carbonyl (C=O) groups excluding carboxylic acids is 3. The van der Waals surface area contributed by atoms with Gasteiger partial charge in [-0.05, 0) is 98.9 Å². The third-order valence-corrected chi connectivity index (χ3v) is 10.2. The summed E-state index contributed by atoms with van der Waals surface area (Å²) in [7, 11) is 1.63. The van der Waals surface area contributed by atoms with Crippen molar-refractivity contribution in [3.05, 3.63) is 81.3 Å². The minimum absolute atomic E-state index is 0.0499. The molecule has 16 heteroatoms. The second kappa shape index (κ2) is 28.8. The predicted molar refractivity (Wildman–Crippen MR) is 238 cm³/mol. The Labute approximate surface area is 373 Å². The minimum Gasteiger partial charge on any atom is -0.349 e. The summed E-state index contributed by atoms with van der Waals surface area (Å²) in [6, 6.07) is 6.19. The first-order valence-corrected chi connectivity index (χ1v) is 22.1. The topological polar surface area (TPSA) is 105 Å². The summed E-state index contributed by atoms with van der Waals surface area (Å²) < 4.78 is 95.7. The molecular weight excluding hydrogens is 883 g/mol. The number of carbonyl (C=O) groups is 3. The highest BCUT2D eigenvalue weighted by Crippen LogP contribution is 2.51. The Morgan fingerprint density at radius 1 is 1.03 bits per heavy atom. The lowest BCUT2D eigenvalue weighted by atomic mass is 9.97. The van der Waals surface area contributed by atoms with E-state index in [0.717, 1.165) is 58.6 Å². The maximum atomic E-state index is 14.4. The highest BCUT2D eigenvalue weighted by Gasteiger charge is 2.39. The summed E-state index contributed by atoms with van der Waals surface area (Å²) in [5, 5.41) is 11.2. The van der Waals surface area contributed by atoms with Crippen LogP contribution in [0.2, 0.25) is 0 Å². The third kappa shape index (κ3) is 22.0. The Kier molecular flexibility index (Phi) is 27.0. The number of halogens is 8. The lowest BCUT2D eigenvalue weighted by molar-refractivity contribution is -0.141. The molecule has 1 saturated carbocycles. The Hall–Kier alpha value is -3.79. The van der Waals surface area contributed by atoms with Crippen LogP contribution < -0.4 is 16.0 Å². The Balaban J connectivity index is 0.00000136. The summed E-state index contributed by atoms with van der Waals surface area (Å²) in [5.41, 5.74) is -0.935. The number of amides is 1. The number of nitrogens with one attached hydrogen (secondary N) is 3. The van der Waals surface area contributed by atoms with Gasteiger partial charge in [0, 0.05) is 36.0 Å². The second-order valence-electron chi connectivity index (χ2n) is 16.0. The van der Waals surface area contributed by atoms with Gasteiger partial charge < -0.3 is 20.7 Å². The van der Waals surface area contributed by atoms with Crippen LogP contribution in [0, 0.1) is 29.5 Å². The van der Waals surface area contributed by atoms with E-state index >= 15 is 0 Å². The van der Waals surface area contributed by atoms with E-state index in [2.05, 4.69) is 38.6 Å². The molecule has 0 saturated heterocycles. The van der Waals surface area contributed by atoms with Crippen molar-refractivity contribution in [2.45, 2.75) is 145 Å². The fourth-order valence-electron chi connectivity index (χ4n) is 5.94. The molecule has 3 N–H and O–H groups in total. The summed E-state index contributed by atoms with van der Waals surface area (Å²) in [4.78, 5) is 34.3. The number of aromatic nitrogens is 2. The molecule has 62 heavy (non-hydrogen) atoms. The molecule has 5 unspecified atom stereocenters. The zero-order chi connectivity index (χ0) is 48.0. The van der Waals surface area contributed by atoms with Gasteiger partial charge >= 0.3 is 12.7 Å². The first kappa shape index (κ1) is 58.2. The van der Waals surface area contributed by atoms with Gasteiger partial charge in [-0.3, -0.25) is 14.3 Å². The van der Waals surface area contributed by atoms with Crippen LogP contribution in [0.5, 0.6) is 0 Å². The molecule has 3 rings (SSSR count). The number of ketones is 1. The van der Waals surface area contributed by atoms with Gasteiger partial charge in [-0.2, -0.15) is 27.1 Å². The van der Waals surface area contributed by atoms with Crippen molar-refractivity contribution in [3.63, 3.8) is 0 Å². The standard InChI is InChI=1S/C27H39F6N5O2.C12H14BrF.C5H10O.C2H6/c1-8-16(2)9-20(11-21(28)18(4)39)22-12-23(27(31,32)33)37-38(22)15-26(5,6)36-24(40)17(3)10-19(13-34-7)14-35-25(29)30;1-2-3-8-6-11(8)10-5-4-9(13)7-12(10)14;1-3-5(2)4-6;1-2/h9,11-12,14,16-17,25,34-35H,8,10,13,15H2,1-7H3,(H,36,40);4-5,7-8,11H,2-3,6H2,1H3;4-5H,3H2,1-2H3;1-2H3/b19-14-,20-9+,21-11+;;;. The summed E-state index contributed by atoms with van der Waals surface area (Å²) in [6.45, 7) is 16.8. The van der Waals surface area contributed by atoms with Gasteiger partial charge in [-0.15, -0.1) is 0 Å². The smallest absolute Gasteiger partial charge is 0.349 e. The van der Waals surface area contributed by atoms with Crippen molar-refractivity contribution in [2.24, 2.45) is 23.7 Å². The van der Waals surface area contributed by atoms with Crippen LogP contribution in [0.15, 0.2) is 58.5 Å². The number of nitrogens with zero attached hydrogens (tertiary/aromatic N) is 2. The number of hydrogen-bond acceptors (Lipinski definition) is 6. The van der Waals surface area contributed by atoms with E-state index in [1.807, 2.05) is 52.1 Å². The number of hydrogen-bond donors (Lipinski definition) is 3. The number of Topliss-reactive ketones (excluding diaryl/α,β-unsaturated/α-hetero) is 1. The Bertz CT molecular complexity index is 1770. The van der Waals surface area contributed by atoms with Gasteiger partial charge in [-0.25, -0.2) is 8.78 Å². The van der Waals surface area contributed by atoms with E-state index < -0.39 is 47.4 Å². The van der Waals surface area contributed by atoms with Crippen LogP contribution in [0.3, 0.4) is 0 Å². The minimum atomic E-state index is -4.80. The van der Waals surface area contributed by atoms with Crippen LogP contribution in [-0.2, 0) is 27.1 Å². The van der Waals surface area contributed by atoms with Crippen molar-refractivity contribution in [3.8, 4) is 0 Å². The van der Waals surface area contributed by atoms with Gasteiger partial charge in [0.05, 0.1) is 17.8 Å². The maximum Gasteiger partial charge on any atom is 0.435 e. The number of benzene rings is 1. The monoisotopic (exact) mass is 951 g/mol. The van der Waals surface area contributed by atoms with E-state index in [1.165, 1.54) is 19.3 Å². The SMILES string of the molecule is CC.CCC(C)/C=C(\C=C(\F)C(C)=O)c1cc(C(F)(F)F)nn1CC(C)(C)NC(=O)C(C)C/C(=C/NC(F)F)CNC.CCC(C)C=O.CCCC1CC1c1ccc(Br)cc1F. The summed E-state index contributed by atoms with van der Waals surface area (Å²) >= 11 is 3.27. The highest BCUT2D eigenvalue weighted by molar-refractivity contribution is 9.10. The van der Waals surface area contributed by atoms with Crippen molar-refractivity contribution in [1.29, 1.82) is 0 Å². The van der Waals surface area contributed by atoms with Crippen LogP contribution in [0.1, 0.15) is 138 Å². The average molecular weight is 953 g/mol. The Morgan fingerprint density at radius 2 is 1.65 bits per heavy atom. The van der Waals surface area contributed by atoms with E-state index in [9.17, 15) is 45.1 Å². The molecule has 5 atom stereocenters. The van der Waals surface area contributed by atoms with Crippen molar-refractivity contribution >= 4 is 39.5 Å². The lowest BCUT2D eigenvalue weighted by Gasteiger charge is -2.29. The van der Waals surface area contributed by atoms with Crippen molar-refractivity contribution in [2.75, 3.05) is 13.6 Å². The van der Waals surface area contributed by atoms with Gasteiger partial charge in [0.25, 0.3) is 0 Å². The molecule has 0 bridgehead atoms. The molecule has 2 aromatic rings. The highest BCUT2D eigenvalue weighted by atomic mass is 79.9. The van der Waals surface area contributed by atoms with E-state index in [-0.39, 0.29) is 48.4 Å². The zero-order valence-corrected chi connectivity index (χ0v) is 40.0. The number of rotatable bonds is 20. The third-order valence-electron chi connectivity index (χ3n) is 9.75. The molecule has 0 aliphatic heterocycles. The normalized spacial score (nSPS) is 17.0. The van der Waals surface area contributed by atoms with Crippen LogP contribution >= 0.6 is 15.9 Å². The lowest BCUT2D eigenvalue weighted by Crippen LogP contribution is -2.49. The van der Waals surface area contributed by atoms with Crippen LogP contribution in [-0.4, -0.2) is 53.4 Å². The molecule has 352 valence electrons. The molecule has 1 amide bonds. The fraction of sp³-hybridized carbons (Fsp3) is 0.609. The van der Waals surface area contributed by atoms with Crippen molar-refractivity contribution < 1.29 is 45.1 Å². The quantitative estimate of drug-likeness (QED) is 0.0401. The van der Waals surface area contributed by atoms with E-state index in [4.69, 9.17) is 0 Å². The molecule has 1 aliphatic rings. The second-order valence-corrected chi connectivity index (χ2v) is 16.9. The molecular formula is C46H69BrF7N5O3. The molecule has 0 spiro atoms. The molecule has 1 heterocycles. The largest absolute Gasteiger partial charge is 0.435 e. The molecule has 1 aliphatic carbocycles. The van der Waals surface area contributed by atoms with Crippen LogP contribution in [0.4, 0.5) is 30.7 Å². The summed E-state index contributed by atoms with van der Waals surface area (Å²) in [6.07, 6.45) is 5.10. The molecule has 1 fully saturated rings. The maximum absolute atomic E-state index is 14.4. The Morgan fingerprint density at radius 3 is 2.11 bits per heavy atom. The number of alkyl halides is 5. The molecule has 8 nitrogen and oxygen atoms in total. The first-order chi connectivity index (χ1) is 28.9. The van der Waals surface area contributed by atoms with Gasteiger partial charge in [0.1, 0.15) is 12.1 Å². The number of likely N-dealkylation sites (N-methyl/N-ethyl adjacent to an activating group) is 1. The zero-order valence-electron chi connectivity index (χ0n) is 38.4. The first-order valence-electron chi connectivity index (χ1n) is 21.3. The summed E-state index contributed by atoms with van der Waals surface area (Å²) in [5.74, 6) is -1.84. The molecule has 0 radical (unpaired) electrons. The molecule has 1 aromatic carbocycles. The van der Waals surface area contributed by atoms with Crippen LogP contribution in [0.25, 0.3) is 5.57 Å². The van der Waals surface area contributed by atoms with Gasteiger partial charge in [-0.1, -0.05) is 103 Å². The number of aldehydes is 1. The fourth-order valence-corrected chi connectivity index (χ4v) is 6.27. The van der Waals surface area contributed by atoms with E-state index in [0.29, 0.717) is 17.9 Å². The average Bonchev–Trinajstić information content (AvgIpc) is 3.82. The number of allylic oxidation sites excluding steroid dienone is 4.